The van der Waals surface area contributed by atoms with Gasteiger partial charge >= 0.3 is 5.92 Å². The van der Waals surface area contributed by atoms with Crippen LogP contribution in [0.2, 0.25) is 0 Å². The van der Waals surface area contributed by atoms with Gasteiger partial charge in [0.1, 0.15) is 5.82 Å². The number of halogens is 3. The van der Waals surface area contributed by atoms with Crippen LogP contribution in [0.4, 0.5) is 13.2 Å². The van der Waals surface area contributed by atoms with Crippen molar-refractivity contribution in [3.63, 3.8) is 0 Å². The summed E-state index contributed by atoms with van der Waals surface area (Å²) in [5.41, 5.74) is 0.235. The molecule has 0 amide bonds. The number of alkyl halides is 2. The molecule has 4 heteroatoms. The lowest BCUT2D eigenvalue weighted by atomic mass is 10.1. The highest BCUT2D eigenvalue weighted by molar-refractivity contribution is 5.60. The Bertz CT molecular complexity index is 292. The van der Waals surface area contributed by atoms with E-state index in [1.165, 1.54) is 12.1 Å². The molecule has 1 nitrogen and oxygen atoms in total. The number of aldehydes is 1. The number of benzene rings is 1. The average molecular weight is 188 g/mol. The maximum absolute atomic E-state index is 12.5. The second-order valence-electron chi connectivity index (χ2n) is 2.68. The van der Waals surface area contributed by atoms with Gasteiger partial charge in [-0.3, -0.25) is 4.79 Å². The first kappa shape index (κ1) is 9.77. The van der Waals surface area contributed by atoms with E-state index in [4.69, 9.17) is 0 Å². The van der Waals surface area contributed by atoms with Crippen LogP contribution in [0.5, 0.6) is 0 Å². The summed E-state index contributed by atoms with van der Waals surface area (Å²) >= 11 is 0. The van der Waals surface area contributed by atoms with E-state index in [-0.39, 0.29) is 5.56 Å². The monoisotopic (exact) mass is 188 g/mol. The molecule has 0 atom stereocenters. The van der Waals surface area contributed by atoms with Gasteiger partial charge in [-0.1, -0.05) is 12.1 Å². The van der Waals surface area contributed by atoms with E-state index >= 15 is 0 Å². The Labute approximate surface area is 73.2 Å². The second-order valence-corrected chi connectivity index (χ2v) is 2.68. The highest BCUT2D eigenvalue weighted by Gasteiger charge is 2.27. The molecule has 0 aromatic heterocycles. The van der Waals surface area contributed by atoms with Crippen molar-refractivity contribution in [2.45, 2.75) is 12.3 Å². The summed E-state index contributed by atoms with van der Waals surface area (Å²) in [6, 6.07) is 4.62. The van der Waals surface area contributed by atoms with Crippen LogP contribution in [-0.4, -0.2) is 12.2 Å². The van der Waals surface area contributed by atoms with Gasteiger partial charge in [0.2, 0.25) is 0 Å². The summed E-state index contributed by atoms with van der Waals surface area (Å²) in [6.45, 7) is 0. The van der Waals surface area contributed by atoms with E-state index in [2.05, 4.69) is 0 Å². The zero-order valence-corrected chi connectivity index (χ0v) is 6.64. The molecular formula is C9H7F3O. The van der Waals surface area contributed by atoms with Crippen LogP contribution in [0.3, 0.4) is 0 Å². The highest BCUT2D eigenvalue weighted by atomic mass is 19.3. The van der Waals surface area contributed by atoms with Crippen molar-refractivity contribution >= 4 is 6.29 Å². The Hall–Kier alpha value is -1.32. The largest absolute Gasteiger partial charge is 0.306 e. The minimum atomic E-state index is -3.36. The predicted molar refractivity (Wildman–Crippen MR) is 41.1 cm³/mol. The van der Waals surface area contributed by atoms with Crippen molar-refractivity contribution in [1.82, 2.24) is 0 Å². The molecule has 1 rings (SSSR count). The van der Waals surface area contributed by atoms with E-state index in [1.54, 1.807) is 0 Å². The van der Waals surface area contributed by atoms with Gasteiger partial charge in [-0.05, 0) is 17.7 Å². The molecule has 0 saturated heterocycles. The normalized spacial score (nSPS) is 11.3. The third-order valence-electron chi connectivity index (χ3n) is 1.53. The topological polar surface area (TPSA) is 17.1 Å². The third-order valence-corrected chi connectivity index (χ3v) is 1.53. The minimum absolute atomic E-state index is 0.235. The Balaban J connectivity index is 2.75. The lowest BCUT2D eigenvalue weighted by Gasteiger charge is -2.07. The highest BCUT2D eigenvalue weighted by Crippen LogP contribution is 2.17. The maximum Gasteiger partial charge on any atom is 0.306 e. The fourth-order valence-electron chi connectivity index (χ4n) is 0.916. The zero-order valence-electron chi connectivity index (χ0n) is 6.64. The zero-order chi connectivity index (χ0) is 9.90. The van der Waals surface area contributed by atoms with Crippen LogP contribution in [0.1, 0.15) is 5.56 Å². The summed E-state index contributed by atoms with van der Waals surface area (Å²) < 4.78 is 37.3. The molecule has 0 bridgehead atoms. The Morgan fingerprint density at radius 1 is 1.23 bits per heavy atom. The van der Waals surface area contributed by atoms with Crippen LogP contribution in [0, 0.1) is 5.82 Å². The summed E-state index contributed by atoms with van der Waals surface area (Å²) in [5.74, 6) is -3.85. The summed E-state index contributed by atoms with van der Waals surface area (Å²) in [4.78, 5) is 9.87. The van der Waals surface area contributed by atoms with Crippen molar-refractivity contribution in [1.29, 1.82) is 0 Å². The predicted octanol–water partition coefficient (Wildman–Crippen LogP) is 2.20. The first-order valence-corrected chi connectivity index (χ1v) is 3.62. The molecule has 0 unspecified atom stereocenters. The quantitative estimate of drug-likeness (QED) is 0.664. The van der Waals surface area contributed by atoms with Crippen molar-refractivity contribution in [3.05, 3.63) is 35.6 Å². The number of hydrogen-bond acceptors (Lipinski definition) is 1. The maximum atomic E-state index is 12.5. The van der Waals surface area contributed by atoms with Gasteiger partial charge in [-0.15, -0.1) is 0 Å². The molecule has 70 valence electrons. The van der Waals surface area contributed by atoms with E-state index in [9.17, 15) is 18.0 Å². The molecule has 0 aliphatic rings. The summed E-state index contributed by atoms with van der Waals surface area (Å²) in [6.07, 6.45) is -1.09. The number of carbonyl (C=O) groups excluding carboxylic acids is 1. The molecule has 1 aromatic rings. The smallest absolute Gasteiger partial charge is 0.297 e. The SMILES string of the molecule is O=CC(F)(F)Cc1ccc(F)cc1. The fourth-order valence-corrected chi connectivity index (χ4v) is 0.916. The standard InChI is InChI=1S/C9H7F3O/c10-8-3-1-7(2-4-8)5-9(11,12)6-13/h1-4,6H,5H2. The average Bonchev–Trinajstić information content (AvgIpc) is 2.09. The third kappa shape index (κ3) is 2.89. The van der Waals surface area contributed by atoms with E-state index in [0.29, 0.717) is 0 Å². The molecule has 0 radical (unpaired) electrons. The summed E-state index contributed by atoms with van der Waals surface area (Å²) in [5, 5.41) is 0. The van der Waals surface area contributed by atoms with Crippen molar-refractivity contribution in [2.75, 3.05) is 0 Å². The van der Waals surface area contributed by atoms with Crippen molar-refractivity contribution in [3.8, 4) is 0 Å². The van der Waals surface area contributed by atoms with Gasteiger partial charge in [0.15, 0.2) is 6.29 Å². The van der Waals surface area contributed by atoms with Crippen LogP contribution in [0.15, 0.2) is 24.3 Å². The van der Waals surface area contributed by atoms with E-state index in [0.717, 1.165) is 12.1 Å². The van der Waals surface area contributed by atoms with E-state index in [1.807, 2.05) is 0 Å². The molecule has 0 N–H and O–H groups in total. The fraction of sp³-hybridized carbons (Fsp3) is 0.222. The van der Waals surface area contributed by atoms with Gasteiger partial charge in [0.05, 0.1) is 0 Å². The Kier molecular flexibility index (Phi) is 2.70. The molecule has 0 saturated carbocycles. The summed E-state index contributed by atoms with van der Waals surface area (Å²) in [7, 11) is 0. The molecule has 0 aliphatic carbocycles. The van der Waals surface area contributed by atoms with E-state index < -0.39 is 24.4 Å². The van der Waals surface area contributed by atoms with Crippen LogP contribution < -0.4 is 0 Å². The lowest BCUT2D eigenvalue weighted by Crippen LogP contribution is -2.20. The first-order chi connectivity index (χ1) is 6.03. The lowest BCUT2D eigenvalue weighted by molar-refractivity contribution is -0.128. The van der Waals surface area contributed by atoms with Gasteiger partial charge in [-0.2, -0.15) is 8.78 Å². The van der Waals surface area contributed by atoms with Gasteiger partial charge < -0.3 is 0 Å². The number of carbonyl (C=O) groups is 1. The molecule has 13 heavy (non-hydrogen) atoms. The van der Waals surface area contributed by atoms with Gasteiger partial charge in [-0.25, -0.2) is 4.39 Å². The molecule has 0 spiro atoms. The Morgan fingerprint density at radius 3 is 2.23 bits per heavy atom. The van der Waals surface area contributed by atoms with Gasteiger partial charge in [0, 0.05) is 6.42 Å². The molecule has 0 aliphatic heterocycles. The first-order valence-electron chi connectivity index (χ1n) is 3.62. The molecular weight excluding hydrogens is 181 g/mol. The van der Waals surface area contributed by atoms with Crippen LogP contribution in [0.25, 0.3) is 0 Å². The number of hydrogen-bond donors (Lipinski definition) is 0. The van der Waals surface area contributed by atoms with Crippen LogP contribution in [-0.2, 0) is 11.2 Å². The second kappa shape index (κ2) is 3.60. The Morgan fingerprint density at radius 2 is 1.77 bits per heavy atom. The molecule has 0 heterocycles. The van der Waals surface area contributed by atoms with Crippen molar-refractivity contribution < 1.29 is 18.0 Å². The van der Waals surface area contributed by atoms with Crippen LogP contribution >= 0.6 is 0 Å². The van der Waals surface area contributed by atoms with Gasteiger partial charge in [0.25, 0.3) is 0 Å². The molecule has 1 aromatic carbocycles. The molecule has 0 fully saturated rings. The number of rotatable bonds is 3. The van der Waals surface area contributed by atoms with Crippen molar-refractivity contribution in [2.24, 2.45) is 0 Å². The minimum Gasteiger partial charge on any atom is -0.297 e.